The average Bonchev–Trinajstić information content (AvgIpc) is 3.49. The van der Waals surface area contributed by atoms with Crippen molar-refractivity contribution in [3.05, 3.63) is 66.0 Å². The lowest BCUT2D eigenvalue weighted by Crippen LogP contribution is -2.42. The van der Waals surface area contributed by atoms with Gasteiger partial charge in [0.15, 0.2) is 5.82 Å². The zero-order chi connectivity index (χ0) is 27.0. The summed E-state index contributed by atoms with van der Waals surface area (Å²) in [7, 11) is 0. The lowest BCUT2D eigenvalue weighted by molar-refractivity contribution is -0.00177. The minimum Gasteiger partial charge on any atom is -0.387 e. The number of hydrogen-bond acceptors (Lipinski definition) is 8. The molecule has 0 aliphatic heterocycles. The predicted octanol–water partition coefficient (Wildman–Crippen LogP) is 3.31. The van der Waals surface area contributed by atoms with E-state index >= 15 is 0 Å². The molecular weight excluding hydrogens is 489 g/mol. The van der Waals surface area contributed by atoms with Crippen LogP contribution in [0.15, 0.2) is 54.9 Å². The number of nitrogens with zero attached hydrogens (tertiary/aromatic N) is 5. The maximum atomic E-state index is 14.3. The van der Waals surface area contributed by atoms with E-state index in [1.165, 1.54) is 26.2 Å². The number of aromatic amines is 1. The summed E-state index contributed by atoms with van der Waals surface area (Å²) >= 11 is 0. The quantitative estimate of drug-likeness (QED) is 0.221. The van der Waals surface area contributed by atoms with Gasteiger partial charge in [-0.2, -0.15) is 15.5 Å². The molecule has 12 heteroatoms. The van der Waals surface area contributed by atoms with Gasteiger partial charge in [0.05, 0.1) is 57.6 Å². The first-order chi connectivity index (χ1) is 18.1. The van der Waals surface area contributed by atoms with E-state index in [1.807, 2.05) is 12.1 Å². The zero-order valence-electron chi connectivity index (χ0n) is 20.5. The van der Waals surface area contributed by atoms with Crippen molar-refractivity contribution >= 4 is 39.5 Å². The van der Waals surface area contributed by atoms with Crippen LogP contribution < -0.4 is 16.4 Å². The fourth-order valence-electron chi connectivity index (χ4n) is 3.94. The Labute approximate surface area is 216 Å². The van der Waals surface area contributed by atoms with Crippen molar-refractivity contribution in [3.8, 4) is 17.5 Å². The van der Waals surface area contributed by atoms with Crippen LogP contribution in [-0.4, -0.2) is 54.1 Å². The van der Waals surface area contributed by atoms with E-state index in [9.17, 15) is 14.3 Å². The second-order valence-electron chi connectivity index (χ2n) is 9.35. The van der Waals surface area contributed by atoms with E-state index in [-0.39, 0.29) is 12.1 Å². The van der Waals surface area contributed by atoms with Crippen molar-refractivity contribution < 1.29 is 14.3 Å². The van der Waals surface area contributed by atoms with Crippen LogP contribution in [0.2, 0.25) is 0 Å². The molecule has 4 heterocycles. The van der Waals surface area contributed by atoms with E-state index in [1.54, 1.807) is 34.8 Å². The van der Waals surface area contributed by atoms with Gasteiger partial charge >= 0.3 is 0 Å². The van der Waals surface area contributed by atoms with E-state index in [0.29, 0.717) is 45.2 Å². The largest absolute Gasteiger partial charge is 0.387 e. The van der Waals surface area contributed by atoms with Crippen LogP contribution in [0.4, 0.5) is 21.6 Å². The molecule has 0 aliphatic carbocycles. The van der Waals surface area contributed by atoms with Crippen LogP contribution in [0.1, 0.15) is 29.8 Å². The third kappa shape index (κ3) is 4.70. The van der Waals surface area contributed by atoms with E-state index < -0.39 is 17.7 Å². The lowest BCUT2D eigenvalue weighted by Gasteiger charge is -2.22. The Morgan fingerprint density at radius 1 is 1.26 bits per heavy atom. The molecule has 192 valence electrons. The molecule has 38 heavy (non-hydrogen) atoms. The molecule has 1 atom stereocenters. The number of halogens is 1. The Morgan fingerprint density at radius 3 is 2.84 bits per heavy atom. The number of carbonyl (C=O) groups is 1. The highest BCUT2D eigenvalue weighted by Gasteiger charge is 2.27. The number of nitriles is 1. The van der Waals surface area contributed by atoms with Crippen LogP contribution in [0.25, 0.3) is 27.8 Å². The van der Waals surface area contributed by atoms with E-state index in [0.717, 1.165) is 5.39 Å². The zero-order valence-corrected chi connectivity index (χ0v) is 20.5. The van der Waals surface area contributed by atoms with Crippen LogP contribution in [0.5, 0.6) is 0 Å². The fraction of sp³-hybridized carbons (Fsp3) is 0.192. The van der Waals surface area contributed by atoms with Crippen LogP contribution in [0, 0.1) is 11.3 Å². The standard InChI is InChI=1S/C26H24FN9O2/c1-26(2,38)23(27)13-31-25(37)18-12-30-21(22-6-4-16-7-14(10-28)11-32-36(16)22)9-19(18)33-15-3-5-17-20(8-15)34-35-24(17)29/h3-9,11-12,23,38H,13H2,1-2H3,(H,30,33)(H,31,37)(H3,29,34,35). The molecular formula is C26H24FN9O2. The first-order valence-corrected chi connectivity index (χ1v) is 11.7. The van der Waals surface area contributed by atoms with Gasteiger partial charge < -0.3 is 21.5 Å². The molecule has 0 fully saturated rings. The average molecular weight is 514 g/mol. The number of nitrogens with two attached hydrogens (primary N) is 1. The summed E-state index contributed by atoms with van der Waals surface area (Å²) in [6.45, 7) is 2.29. The van der Waals surface area contributed by atoms with Crippen molar-refractivity contribution in [2.75, 3.05) is 17.6 Å². The number of H-pyrrole nitrogens is 1. The molecule has 6 N–H and O–H groups in total. The molecule has 0 saturated carbocycles. The molecule has 0 aliphatic rings. The van der Waals surface area contributed by atoms with Crippen LogP contribution in [0.3, 0.4) is 0 Å². The van der Waals surface area contributed by atoms with Crippen molar-refractivity contribution in [3.63, 3.8) is 0 Å². The summed E-state index contributed by atoms with van der Waals surface area (Å²) in [5.41, 5.74) is 8.47. The summed E-state index contributed by atoms with van der Waals surface area (Å²) in [5.74, 6) is -0.195. The first kappa shape index (κ1) is 24.7. The summed E-state index contributed by atoms with van der Waals surface area (Å²) in [5, 5.41) is 36.7. The lowest BCUT2D eigenvalue weighted by atomic mass is 10.0. The predicted molar refractivity (Wildman–Crippen MR) is 140 cm³/mol. The van der Waals surface area contributed by atoms with Crippen molar-refractivity contribution in [2.45, 2.75) is 25.6 Å². The van der Waals surface area contributed by atoms with Gasteiger partial charge in [-0.1, -0.05) is 0 Å². The van der Waals surface area contributed by atoms with Crippen molar-refractivity contribution in [1.82, 2.24) is 30.1 Å². The van der Waals surface area contributed by atoms with Gasteiger partial charge in [-0.15, -0.1) is 0 Å². The van der Waals surface area contributed by atoms with Gasteiger partial charge in [0.2, 0.25) is 0 Å². The third-order valence-corrected chi connectivity index (χ3v) is 6.12. The molecule has 1 amide bonds. The number of aromatic nitrogens is 5. The highest BCUT2D eigenvalue weighted by Crippen LogP contribution is 2.29. The third-order valence-electron chi connectivity index (χ3n) is 6.12. The Bertz CT molecular complexity index is 1710. The number of nitrogens with one attached hydrogen (secondary N) is 3. The number of pyridine rings is 1. The molecule has 0 spiro atoms. The Balaban J connectivity index is 1.53. The van der Waals surface area contributed by atoms with Crippen LogP contribution >= 0.6 is 0 Å². The van der Waals surface area contributed by atoms with Gasteiger partial charge in [-0.05, 0) is 56.3 Å². The minimum absolute atomic E-state index is 0.168. The second kappa shape index (κ2) is 9.45. The molecule has 1 unspecified atom stereocenters. The maximum Gasteiger partial charge on any atom is 0.255 e. The fourth-order valence-corrected chi connectivity index (χ4v) is 3.94. The number of alkyl halides is 1. The van der Waals surface area contributed by atoms with Crippen molar-refractivity contribution in [2.24, 2.45) is 0 Å². The molecule has 11 nitrogen and oxygen atoms in total. The Hall–Kier alpha value is -5.02. The van der Waals surface area contributed by atoms with Gasteiger partial charge in [-0.3, -0.25) is 14.9 Å². The summed E-state index contributed by atoms with van der Waals surface area (Å²) in [6.07, 6.45) is 1.18. The van der Waals surface area contributed by atoms with Gasteiger partial charge in [0.1, 0.15) is 12.2 Å². The first-order valence-electron chi connectivity index (χ1n) is 11.7. The van der Waals surface area contributed by atoms with Crippen molar-refractivity contribution in [1.29, 1.82) is 5.26 Å². The van der Waals surface area contributed by atoms with Gasteiger partial charge in [0.25, 0.3) is 5.91 Å². The summed E-state index contributed by atoms with van der Waals surface area (Å²) < 4.78 is 15.9. The van der Waals surface area contributed by atoms with Gasteiger partial charge in [-0.25, -0.2) is 8.91 Å². The number of amides is 1. The highest BCUT2D eigenvalue weighted by molar-refractivity contribution is 6.01. The number of aliphatic hydroxyl groups is 1. The molecule has 0 bridgehead atoms. The number of fused-ring (bicyclic) bond motifs is 2. The monoisotopic (exact) mass is 513 g/mol. The van der Waals surface area contributed by atoms with E-state index in [4.69, 9.17) is 11.0 Å². The normalized spacial score (nSPS) is 12.4. The number of nitrogen functional groups attached to an aromatic ring is 1. The SMILES string of the molecule is CC(C)(O)C(F)CNC(=O)c1cnc(-c2ccc3cc(C#N)cnn23)cc1Nc1ccc2c(N)n[nH]c2c1. The second-order valence-corrected chi connectivity index (χ2v) is 9.35. The van der Waals surface area contributed by atoms with Gasteiger partial charge in [0, 0.05) is 17.3 Å². The van der Waals surface area contributed by atoms with E-state index in [2.05, 4.69) is 37.0 Å². The molecule has 5 rings (SSSR count). The number of benzene rings is 1. The molecule has 0 saturated heterocycles. The molecule has 0 radical (unpaired) electrons. The number of rotatable bonds is 7. The summed E-state index contributed by atoms with van der Waals surface area (Å²) in [6, 6.07) is 14.5. The number of hydrogen-bond donors (Lipinski definition) is 5. The number of carbonyl (C=O) groups excluding carboxylic acids is 1. The van der Waals surface area contributed by atoms with Crippen LogP contribution in [-0.2, 0) is 0 Å². The minimum atomic E-state index is -1.67. The molecule has 5 aromatic rings. The Kier molecular flexibility index (Phi) is 6.14. The number of anilines is 3. The smallest absolute Gasteiger partial charge is 0.255 e. The maximum absolute atomic E-state index is 14.3. The highest BCUT2D eigenvalue weighted by atomic mass is 19.1. The topological polar surface area (TPSA) is 170 Å². The molecule has 1 aromatic carbocycles. The Morgan fingerprint density at radius 2 is 2.08 bits per heavy atom. The summed E-state index contributed by atoms with van der Waals surface area (Å²) in [4.78, 5) is 17.5. The molecule has 4 aromatic heterocycles.